The van der Waals surface area contributed by atoms with Gasteiger partial charge in [-0.2, -0.15) is 0 Å². The van der Waals surface area contributed by atoms with E-state index < -0.39 is 0 Å². The molecule has 0 fully saturated rings. The third-order valence-corrected chi connectivity index (χ3v) is 3.65. The minimum Gasteiger partial charge on any atom is -0.392 e. The van der Waals surface area contributed by atoms with E-state index in [4.69, 9.17) is 16.7 Å². The standard InChI is InChI=1S/C9H7ClOS2/c10-8-3-5-1-2-7(12)6(4-11)9(5)13-8/h1-3,11-12H,4H2. The highest BCUT2D eigenvalue weighted by molar-refractivity contribution is 7.80. The Bertz CT molecular complexity index is 450. The summed E-state index contributed by atoms with van der Waals surface area (Å²) in [5, 5.41) is 10.2. The number of hydrogen-bond acceptors (Lipinski definition) is 3. The molecule has 68 valence electrons. The van der Waals surface area contributed by atoms with E-state index in [1.807, 2.05) is 18.2 Å². The zero-order valence-electron chi connectivity index (χ0n) is 6.62. The van der Waals surface area contributed by atoms with Gasteiger partial charge >= 0.3 is 0 Å². The molecule has 1 aromatic heterocycles. The van der Waals surface area contributed by atoms with Gasteiger partial charge < -0.3 is 5.11 Å². The van der Waals surface area contributed by atoms with Crippen LogP contribution in [0, 0.1) is 0 Å². The highest BCUT2D eigenvalue weighted by atomic mass is 35.5. The van der Waals surface area contributed by atoms with Crippen LogP contribution >= 0.6 is 35.6 Å². The Morgan fingerprint density at radius 1 is 1.46 bits per heavy atom. The van der Waals surface area contributed by atoms with Gasteiger partial charge in [-0.25, -0.2) is 0 Å². The first-order valence-corrected chi connectivity index (χ1v) is 5.37. The summed E-state index contributed by atoms with van der Waals surface area (Å²) in [6, 6.07) is 5.73. The monoisotopic (exact) mass is 230 g/mol. The second-order valence-corrected chi connectivity index (χ2v) is 4.86. The normalized spacial score (nSPS) is 11.0. The predicted octanol–water partition coefficient (Wildman–Crippen LogP) is 3.34. The van der Waals surface area contributed by atoms with Crippen LogP contribution in [0.5, 0.6) is 0 Å². The van der Waals surface area contributed by atoms with Crippen molar-refractivity contribution in [2.75, 3.05) is 0 Å². The average Bonchev–Trinajstić information content (AvgIpc) is 2.45. The molecule has 4 heteroatoms. The van der Waals surface area contributed by atoms with Gasteiger partial charge in [0.1, 0.15) is 0 Å². The molecule has 1 heterocycles. The second-order valence-electron chi connectivity index (χ2n) is 2.69. The molecule has 2 rings (SSSR count). The Kier molecular flexibility index (Phi) is 2.51. The van der Waals surface area contributed by atoms with Crippen molar-refractivity contribution in [3.05, 3.63) is 28.1 Å². The van der Waals surface area contributed by atoms with E-state index in [1.165, 1.54) is 11.3 Å². The lowest BCUT2D eigenvalue weighted by Crippen LogP contribution is -1.84. The molecule has 0 unspecified atom stereocenters. The molecule has 0 saturated carbocycles. The van der Waals surface area contributed by atoms with Crippen molar-refractivity contribution in [3.63, 3.8) is 0 Å². The molecule has 1 aromatic carbocycles. The second kappa shape index (κ2) is 3.50. The van der Waals surface area contributed by atoms with Gasteiger partial charge in [0.25, 0.3) is 0 Å². The van der Waals surface area contributed by atoms with Gasteiger partial charge in [0.15, 0.2) is 0 Å². The van der Waals surface area contributed by atoms with Crippen LogP contribution < -0.4 is 0 Å². The molecule has 2 aromatic rings. The van der Waals surface area contributed by atoms with Gasteiger partial charge in [0.05, 0.1) is 10.9 Å². The lowest BCUT2D eigenvalue weighted by atomic mass is 10.2. The van der Waals surface area contributed by atoms with Crippen LogP contribution in [0.2, 0.25) is 4.34 Å². The minimum atomic E-state index is 0.00696. The number of benzene rings is 1. The molecule has 1 N–H and O–H groups in total. The van der Waals surface area contributed by atoms with Crippen molar-refractivity contribution < 1.29 is 5.11 Å². The zero-order chi connectivity index (χ0) is 9.42. The summed E-state index contributed by atoms with van der Waals surface area (Å²) in [6.45, 7) is 0.00696. The van der Waals surface area contributed by atoms with E-state index in [2.05, 4.69) is 12.6 Å². The molecule has 13 heavy (non-hydrogen) atoms. The van der Waals surface area contributed by atoms with Crippen LogP contribution in [0.3, 0.4) is 0 Å². The molecule has 0 radical (unpaired) electrons. The number of aliphatic hydroxyl groups excluding tert-OH is 1. The topological polar surface area (TPSA) is 20.2 Å². The lowest BCUT2D eigenvalue weighted by molar-refractivity contribution is 0.281. The Morgan fingerprint density at radius 2 is 2.23 bits per heavy atom. The summed E-state index contributed by atoms with van der Waals surface area (Å²) in [5.41, 5.74) is 0.859. The van der Waals surface area contributed by atoms with Crippen molar-refractivity contribution in [1.29, 1.82) is 0 Å². The summed E-state index contributed by atoms with van der Waals surface area (Å²) >= 11 is 11.6. The van der Waals surface area contributed by atoms with Crippen molar-refractivity contribution in [2.24, 2.45) is 0 Å². The summed E-state index contributed by atoms with van der Waals surface area (Å²) in [5.74, 6) is 0. The summed E-state index contributed by atoms with van der Waals surface area (Å²) in [6.07, 6.45) is 0. The maximum Gasteiger partial charge on any atom is 0.0941 e. The third kappa shape index (κ3) is 1.57. The molecule has 1 nitrogen and oxygen atoms in total. The van der Waals surface area contributed by atoms with Crippen LogP contribution in [-0.4, -0.2) is 5.11 Å². The largest absolute Gasteiger partial charge is 0.392 e. The summed E-state index contributed by atoms with van der Waals surface area (Å²) in [7, 11) is 0. The fourth-order valence-corrected chi connectivity index (χ4v) is 2.88. The van der Waals surface area contributed by atoms with Crippen molar-refractivity contribution in [1.82, 2.24) is 0 Å². The smallest absolute Gasteiger partial charge is 0.0941 e. The molecular weight excluding hydrogens is 224 g/mol. The Morgan fingerprint density at radius 3 is 2.92 bits per heavy atom. The molecular formula is C9H7ClOS2. The number of fused-ring (bicyclic) bond motifs is 1. The highest BCUT2D eigenvalue weighted by Gasteiger charge is 2.07. The van der Waals surface area contributed by atoms with Crippen LogP contribution in [0.15, 0.2) is 23.1 Å². The Hall–Kier alpha value is -0.220. The van der Waals surface area contributed by atoms with Crippen molar-refractivity contribution >= 4 is 45.7 Å². The predicted molar refractivity (Wildman–Crippen MR) is 60.0 cm³/mol. The molecule has 0 aliphatic carbocycles. The van der Waals surface area contributed by atoms with E-state index in [0.29, 0.717) is 0 Å². The van der Waals surface area contributed by atoms with Gasteiger partial charge in [-0.05, 0) is 17.5 Å². The third-order valence-electron chi connectivity index (χ3n) is 1.89. The van der Waals surface area contributed by atoms with E-state index >= 15 is 0 Å². The van der Waals surface area contributed by atoms with Gasteiger partial charge in [-0.15, -0.1) is 24.0 Å². The molecule has 0 bridgehead atoms. The number of thiol groups is 1. The van der Waals surface area contributed by atoms with E-state index in [0.717, 1.165) is 24.9 Å². The maximum absolute atomic E-state index is 9.14. The van der Waals surface area contributed by atoms with Gasteiger partial charge in [-0.3, -0.25) is 0 Å². The fraction of sp³-hybridized carbons (Fsp3) is 0.111. The van der Waals surface area contributed by atoms with Gasteiger partial charge in [0.2, 0.25) is 0 Å². The zero-order valence-corrected chi connectivity index (χ0v) is 9.09. The SMILES string of the molecule is OCc1c(S)ccc2cc(Cl)sc12. The van der Waals surface area contributed by atoms with Crippen LogP contribution in [0.1, 0.15) is 5.56 Å². The first-order valence-electron chi connectivity index (χ1n) is 3.73. The molecule has 0 saturated heterocycles. The van der Waals surface area contributed by atoms with E-state index in [-0.39, 0.29) is 6.61 Å². The number of aliphatic hydroxyl groups is 1. The highest BCUT2D eigenvalue weighted by Crippen LogP contribution is 2.34. The molecule has 0 atom stereocenters. The number of rotatable bonds is 1. The molecule has 0 spiro atoms. The van der Waals surface area contributed by atoms with Crippen LogP contribution in [-0.2, 0) is 6.61 Å². The van der Waals surface area contributed by atoms with Gasteiger partial charge in [0, 0.05) is 15.2 Å². The first-order chi connectivity index (χ1) is 6.22. The minimum absolute atomic E-state index is 0.00696. The van der Waals surface area contributed by atoms with Crippen molar-refractivity contribution in [2.45, 2.75) is 11.5 Å². The average molecular weight is 231 g/mol. The van der Waals surface area contributed by atoms with Crippen LogP contribution in [0.25, 0.3) is 10.1 Å². The quantitative estimate of drug-likeness (QED) is 0.720. The maximum atomic E-state index is 9.14. The number of halogens is 1. The Balaban J connectivity index is 2.82. The van der Waals surface area contributed by atoms with E-state index in [1.54, 1.807) is 0 Å². The van der Waals surface area contributed by atoms with Crippen LogP contribution in [0.4, 0.5) is 0 Å². The molecule has 0 aliphatic rings. The van der Waals surface area contributed by atoms with E-state index in [9.17, 15) is 0 Å². The van der Waals surface area contributed by atoms with Gasteiger partial charge in [-0.1, -0.05) is 17.7 Å². The molecule has 0 amide bonds. The fourth-order valence-electron chi connectivity index (χ4n) is 1.27. The number of hydrogen-bond donors (Lipinski definition) is 2. The summed E-state index contributed by atoms with van der Waals surface area (Å²) < 4.78 is 1.77. The number of thiophene rings is 1. The Labute approximate surface area is 90.4 Å². The molecule has 0 aliphatic heterocycles. The van der Waals surface area contributed by atoms with Crippen molar-refractivity contribution in [3.8, 4) is 0 Å². The first kappa shape index (κ1) is 9.34. The lowest BCUT2D eigenvalue weighted by Gasteiger charge is -2.01. The summed E-state index contributed by atoms with van der Waals surface area (Å²) in [4.78, 5) is 0.813.